The first-order valence-electron chi connectivity index (χ1n) is 16.9. The normalized spacial score (nSPS) is 24.3. The number of hydrogen-bond acceptors (Lipinski definition) is 12. The van der Waals surface area contributed by atoms with E-state index in [2.05, 4.69) is 21.9 Å². The van der Waals surface area contributed by atoms with Gasteiger partial charge in [0.15, 0.2) is 29.8 Å². The van der Waals surface area contributed by atoms with Crippen molar-refractivity contribution in [3.05, 3.63) is 74.8 Å². The van der Waals surface area contributed by atoms with Crippen molar-refractivity contribution in [2.45, 2.75) is 63.8 Å². The Hall–Kier alpha value is -5.16. The smallest absolute Gasteiger partial charge is 0.308 e. The molecule has 1 fully saturated rings. The summed E-state index contributed by atoms with van der Waals surface area (Å²) in [4.78, 5) is 46.1. The highest BCUT2D eigenvalue weighted by Gasteiger charge is 2.58. The van der Waals surface area contributed by atoms with Gasteiger partial charge in [-0.3, -0.25) is 29.1 Å². The van der Waals surface area contributed by atoms with Gasteiger partial charge >= 0.3 is 5.97 Å². The lowest BCUT2D eigenvalue weighted by atomic mass is 9.71. The number of hydrogen-bond donors (Lipinski definition) is 0. The van der Waals surface area contributed by atoms with Gasteiger partial charge in [0.25, 0.3) is 11.8 Å². The van der Waals surface area contributed by atoms with Crippen molar-refractivity contribution in [3.8, 4) is 34.8 Å². The maximum Gasteiger partial charge on any atom is 0.308 e. The summed E-state index contributed by atoms with van der Waals surface area (Å²) in [5.74, 6) is 1.05. The molecule has 1 unspecified atom stereocenters. The third-order valence-corrected chi connectivity index (χ3v) is 11.0. The van der Waals surface area contributed by atoms with E-state index in [-0.39, 0.29) is 32.2 Å². The van der Waals surface area contributed by atoms with Crippen LogP contribution in [-0.4, -0.2) is 92.0 Å². The van der Waals surface area contributed by atoms with Crippen LogP contribution in [0.3, 0.4) is 0 Å². The third kappa shape index (κ3) is 4.73. The number of rotatable bonds is 7. The standard InChI is InChI=1S/C38H38N4O9/c1-18-11-21-12-25-27(14-39)42-26(31(40(25)4)29(21)35(32(18)47-6)48-16-46-5)13-24-30(36-34(49-17-50-36)19(2)33(24)51-20(3)43)28(42)15-41-37(44)22-9-7-8-10-23(22)38(41)45/h7-11,25-28,31H,12-13,15-17H2,1-6H3/t25?,26-,27-,28-,31-/m0/s1. The summed E-state index contributed by atoms with van der Waals surface area (Å²) in [6.45, 7) is 4.99. The van der Waals surface area contributed by atoms with Crippen molar-refractivity contribution in [1.29, 1.82) is 5.26 Å². The molecule has 0 spiro atoms. The molecule has 5 atom stereocenters. The summed E-state index contributed by atoms with van der Waals surface area (Å²) in [6, 6.07) is 9.05. The Morgan fingerprint density at radius 1 is 0.980 bits per heavy atom. The largest absolute Gasteiger partial charge is 0.493 e. The van der Waals surface area contributed by atoms with Crippen LogP contribution in [0, 0.1) is 25.2 Å². The monoisotopic (exact) mass is 694 g/mol. The molecule has 3 aromatic carbocycles. The molecule has 3 aromatic rings. The van der Waals surface area contributed by atoms with Crippen LogP contribution >= 0.6 is 0 Å². The van der Waals surface area contributed by atoms with Gasteiger partial charge in [-0.15, -0.1) is 0 Å². The molecule has 2 bridgehead atoms. The van der Waals surface area contributed by atoms with Gasteiger partial charge in [-0.2, -0.15) is 5.26 Å². The number of carbonyl (C=O) groups is 3. The van der Waals surface area contributed by atoms with E-state index in [4.69, 9.17) is 28.4 Å². The number of nitrogens with zero attached hydrogens (tertiary/aromatic N) is 4. The number of methoxy groups -OCH3 is 2. The third-order valence-electron chi connectivity index (χ3n) is 11.0. The van der Waals surface area contributed by atoms with E-state index in [1.54, 1.807) is 38.5 Å². The number of carbonyl (C=O) groups excluding carboxylic acids is 3. The summed E-state index contributed by atoms with van der Waals surface area (Å²) in [5, 5.41) is 11.0. The molecule has 0 radical (unpaired) electrons. The predicted octanol–water partition coefficient (Wildman–Crippen LogP) is 4.02. The predicted molar refractivity (Wildman–Crippen MR) is 180 cm³/mol. The molecule has 2 amide bonds. The van der Waals surface area contributed by atoms with Crippen LogP contribution in [0.25, 0.3) is 0 Å². The van der Waals surface area contributed by atoms with E-state index < -0.39 is 35.9 Å². The zero-order chi connectivity index (χ0) is 35.9. The van der Waals surface area contributed by atoms with Gasteiger partial charge in [0, 0.05) is 54.9 Å². The Balaban J connectivity index is 1.38. The maximum absolute atomic E-state index is 13.9. The molecule has 0 saturated carbocycles. The van der Waals surface area contributed by atoms with E-state index >= 15 is 0 Å². The van der Waals surface area contributed by atoms with Gasteiger partial charge < -0.3 is 28.4 Å². The highest BCUT2D eigenvalue weighted by atomic mass is 16.7. The second-order valence-corrected chi connectivity index (χ2v) is 13.6. The zero-order valence-electron chi connectivity index (χ0n) is 29.3. The molecule has 264 valence electrons. The molecule has 5 heterocycles. The number of amides is 2. The fraction of sp³-hybridized carbons (Fsp3) is 0.421. The molecule has 13 nitrogen and oxygen atoms in total. The second-order valence-electron chi connectivity index (χ2n) is 13.6. The Morgan fingerprint density at radius 2 is 1.69 bits per heavy atom. The second kappa shape index (κ2) is 12.3. The number of aryl methyl sites for hydroxylation is 1. The maximum atomic E-state index is 13.9. The summed E-state index contributed by atoms with van der Waals surface area (Å²) in [7, 11) is 5.18. The van der Waals surface area contributed by atoms with Gasteiger partial charge in [-0.25, -0.2) is 0 Å². The van der Waals surface area contributed by atoms with Crippen molar-refractivity contribution >= 4 is 17.8 Å². The number of imide groups is 1. The van der Waals surface area contributed by atoms with Crippen LogP contribution < -0.4 is 23.7 Å². The van der Waals surface area contributed by atoms with Crippen molar-refractivity contribution in [1.82, 2.24) is 14.7 Å². The molecular weight excluding hydrogens is 656 g/mol. The molecule has 51 heavy (non-hydrogen) atoms. The SMILES string of the molecule is COCOc1c(OC)c(C)cc2c1[C@@H]1[C@@H]3Cc4c(OC(C)=O)c(C)c5c(c4[C@H](CN4C(=O)c6ccccc6C4=O)N3[C@@H](C#N)C(C2)N1C)OCO5. The van der Waals surface area contributed by atoms with Gasteiger partial charge in [0.1, 0.15) is 11.8 Å². The van der Waals surface area contributed by atoms with Gasteiger partial charge in [0.05, 0.1) is 36.4 Å². The molecule has 8 rings (SSSR count). The molecule has 0 aromatic heterocycles. The molecular formula is C38H38N4O9. The van der Waals surface area contributed by atoms with E-state index in [9.17, 15) is 19.6 Å². The Labute approximate surface area is 295 Å². The molecule has 13 heteroatoms. The van der Waals surface area contributed by atoms with Crippen LogP contribution in [0.4, 0.5) is 0 Å². The number of nitriles is 1. The minimum Gasteiger partial charge on any atom is -0.493 e. The van der Waals surface area contributed by atoms with E-state index in [1.807, 2.05) is 20.9 Å². The minimum absolute atomic E-state index is 0.00815. The highest BCUT2D eigenvalue weighted by molar-refractivity contribution is 6.21. The summed E-state index contributed by atoms with van der Waals surface area (Å²) < 4.78 is 35.6. The van der Waals surface area contributed by atoms with Crippen molar-refractivity contribution in [2.75, 3.05) is 41.4 Å². The Morgan fingerprint density at radius 3 is 2.33 bits per heavy atom. The van der Waals surface area contributed by atoms with Crippen LogP contribution in [0.5, 0.6) is 28.7 Å². The number of esters is 1. The molecule has 1 saturated heterocycles. The van der Waals surface area contributed by atoms with E-state index in [0.717, 1.165) is 16.7 Å². The molecule has 0 aliphatic carbocycles. The first kappa shape index (κ1) is 33.0. The highest BCUT2D eigenvalue weighted by Crippen LogP contribution is 2.59. The topological polar surface area (TPSA) is 140 Å². The average molecular weight is 695 g/mol. The molecule has 5 aliphatic rings. The summed E-state index contributed by atoms with van der Waals surface area (Å²) in [5.41, 5.74) is 5.44. The lowest BCUT2D eigenvalue weighted by Gasteiger charge is -2.60. The van der Waals surface area contributed by atoms with Crippen LogP contribution in [0.15, 0.2) is 30.3 Å². The number of benzene rings is 3. The Bertz CT molecular complexity index is 2020. The van der Waals surface area contributed by atoms with Crippen LogP contribution in [0.2, 0.25) is 0 Å². The lowest BCUT2D eigenvalue weighted by molar-refractivity contribution is -0.132. The van der Waals surface area contributed by atoms with Crippen molar-refractivity contribution in [3.63, 3.8) is 0 Å². The Kier molecular flexibility index (Phi) is 7.94. The zero-order valence-corrected chi connectivity index (χ0v) is 29.3. The van der Waals surface area contributed by atoms with Crippen molar-refractivity contribution in [2.24, 2.45) is 0 Å². The van der Waals surface area contributed by atoms with Gasteiger partial charge in [-0.05, 0) is 57.0 Å². The van der Waals surface area contributed by atoms with E-state index in [1.165, 1.54) is 11.8 Å². The number of fused-ring (bicyclic) bond motifs is 10. The fourth-order valence-corrected chi connectivity index (χ4v) is 9.10. The first-order valence-corrected chi connectivity index (χ1v) is 16.9. The van der Waals surface area contributed by atoms with Gasteiger partial charge in [0.2, 0.25) is 6.79 Å². The van der Waals surface area contributed by atoms with E-state index in [0.29, 0.717) is 69.4 Å². The number of likely N-dealkylation sites (N-methyl/N-ethyl adjacent to an activating group) is 1. The van der Waals surface area contributed by atoms with Crippen LogP contribution in [-0.2, 0) is 22.4 Å². The quantitative estimate of drug-likeness (QED) is 0.153. The number of piperazine rings is 1. The fourth-order valence-electron chi connectivity index (χ4n) is 9.10. The molecule has 0 N–H and O–H groups in total. The lowest BCUT2D eigenvalue weighted by Crippen LogP contribution is -2.69. The first-order chi connectivity index (χ1) is 24.6. The minimum atomic E-state index is -0.730. The molecule has 5 aliphatic heterocycles. The summed E-state index contributed by atoms with van der Waals surface area (Å²) >= 11 is 0. The average Bonchev–Trinajstić information content (AvgIpc) is 3.69. The van der Waals surface area contributed by atoms with Crippen molar-refractivity contribution < 1.29 is 42.8 Å². The summed E-state index contributed by atoms with van der Waals surface area (Å²) in [6.07, 6.45) is 0.877. The van der Waals surface area contributed by atoms with Crippen LogP contribution in [0.1, 0.15) is 73.1 Å². The van der Waals surface area contributed by atoms with Gasteiger partial charge in [-0.1, -0.05) is 18.2 Å². The number of ether oxygens (including phenoxy) is 6.